The Kier molecular flexibility index (Phi) is 7.18. The molecule has 154 valence electrons. The van der Waals surface area contributed by atoms with Crippen molar-refractivity contribution in [3.63, 3.8) is 0 Å². The van der Waals surface area contributed by atoms with Gasteiger partial charge in [-0.05, 0) is 62.6 Å². The van der Waals surface area contributed by atoms with Gasteiger partial charge in [-0.25, -0.2) is 0 Å². The Labute approximate surface area is 167 Å². The SMILES string of the molecule is COc1ccc(CNC(=O)C2CCC(C(=O)N3CCCCC3)CC2)cc1OC. The molecule has 1 saturated heterocycles. The van der Waals surface area contributed by atoms with Crippen LogP contribution in [-0.4, -0.2) is 44.0 Å². The number of rotatable bonds is 6. The van der Waals surface area contributed by atoms with Gasteiger partial charge >= 0.3 is 0 Å². The maximum absolute atomic E-state index is 12.7. The minimum absolute atomic E-state index is 0.00514. The second-order valence-electron chi connectivity index (χ2n) is 7.84. The molecule has 0 unspecified atom stereocenters. The van der Waals surface area contributed by atoms with Gasteiger partial charge in [0.25, 0.3) is 0 Å². The third-order valence-electron chi connectivity index (χ3n) is 6.03. The Bertz CT molecular complexity index is 677. The Morgan fingerprint density at radius 3 is 2.25 bits per heavy atom. The van der Waals surface area contributed by atoms with Gasteiger partial charge in [0.05, 0.1) is 14.2 Å². The summed E-state index contributed by atoms with van der Waals surface area (Å²) in [6, 6.07) is 5.65. The first-order chi connectivity index (χ1) is 13.6. The van der Waals surface area contributed by atoms with Gasteiger partial charge < -0.3 is 19.7 Å². The predicted octanol–water partition coefficient (Wildman–Crippen LogP) is 3.14. The average Bonchev–Trinajstić information content (AvgIpc) is 2.77. The third kappa shape index (κ3) is 4.97. The molecule has 1 aliphatic heterocycles. The van der Waals surface area contributed by atoms with E-state index in [-0.39, 0.29) is 17.7 Å². The first kappa shape index (κ1) is 20.5. The highest BCUT2D eigenvalue weighted by Gasteiger charge is 2.32. The Balaban J connectivity index is 1.45. The van der Waals surface area contributed by atoms with E-state index in [9.17, 15) is 9.59 Å². The molecule has 1 aromatic carbocycles. The minimum Gasteiger partial charge on any atom is -0.493 e. The fourth-order valence-corrected chi connectivity index (χ4v) is 4.30. The fraction of sp³-hybridized carbons (Fsp3) is 0.636. The zero-order chi connectivity index (χ0) is 19.9. The van der Waals surface area contributed by atoms with Gasteiger partial charge in [0.15, 0.2) is 11.5 Å². The summed E-state index contributed by atoms with van der Waals surface area (Å²) in [4.78, 5) is 27.3. The van der Waals surface area contributed by atoms with E-state index < -0.39 is 0 Å². The number of carbonyl (C=O) groups excluding carboxylic acids is 2. The summed E-state index contributed by atoms with van der Waals surface area (Å²) < 4.78 is 10.6. The fourth-order valence-electron chi connectivity index (χ4n) is 4.30. The van der Waals surface area contributed by atoms with Crippen LogP contribution in [0.5, 0.6) is 11.5 Å². The lowest BCUT2D eigenvalue weighted by Gasteiger charge is -2.33. The van der Waals surface area contributed by atoms with Crippen LogP contribution in [0.1, 0.15) is 50.5 Å². The number of piperidine rings is 1. The predicted molar refractivity (Wildman–Crippen MR) is 107 cm³/mol. The topological polar surface area (TPSA) is 67.9 Å². The van der Waals surface area contributed by atoms with Crippen molar-refractivity contribution < 1.29 is 19.1 Å². The third-order valence-corrected chi connectivity index (χ3v) is 6.03. The maximum atomic E-state index is 12.7. The number of hydrogen-bond acceptors (Lipinski definition) is 4. The Morgan fingerprint density at radius 2 is 1.61 bits per heavy atom. The molecule has 2 amide bonds. The summed E-state index contributed by atoms with van der Waals surface area (Å²) in [5.41, 5.74) is 0.972. The number of benzene rings is 1. The largest absolute Gasteiger partial charge is 0.493 e. The van der Waals surface area contributed by atoms with Crippen LogP contribution in [0.15, 0.2) is 18.2 Å². The zero-order valence-electron chi connectivity index (χ0n) is 17.0. The lowest BCUT2D eigenvalue weighted by Crippen LogP contribution is -2.42. The van der Waals surface area contributed by atoms with E-state index in [1.165, 1.54) is 6.42 Å². The van der Waals surface area contributed by atoms with Gasteiger partial charge in [0.2, 0.25) is 11.8 Å². The first-order valence-electron chi connectivity index (χ1n) is 10.4. The molecule has 3 rings (SSSR count). The highest BCUT2D eigenvalue weighted by atomic mass is 16.5. The zero-order valence-corrected chi connectivity index (χ0v) is 17.0. The molecule has 1 N–H and O–H groups in total. The average molecular weight is 389 g/mol. The highest BCUT2D eigenvalue weighted by molar-refractivity contribution is 5.81. The van der Waals surface area contributed by atoms with Gasteiger partial charge in [-0.1, -0.05) is 6.07 Å². The Morgan fingerprint density at radius 1 is 0.964 bits per heavy atom. The van der Waals surface area contributed by atoms with Crippen molar-refractivity contribution in [1.29, 1.82) is 0 Å². The molecule has 0 bridgehead atoms. The van der Waals surface area contributed by atoms with E-state index >= 15 is 0 Å². The van der Waals surface area contributed by atoms with Gasteiger partial charge in [0, 0.05) is 31.5 Å². The molecule has 1 aliphatic carbocycles. The summed E-state index contributed by atoms with van der Waals surface area (Å²) >= 11 is 0. The van der Waals surface area contributed by atoms with E-state index in [0.717, 1.165) is 57.2 Å². The smallest absolute Gasteiger partial charge is 0.225 e. The molecular weight excluding hydrogens is 356 g/mol. The number of likely N-dealkylation sites (tertiary alicyclic amines) is 1. The van der Waals surface area contributed by atoms with E-state index in [4.69, 9.17) is 9.47 Å². The van der Waals surface area contributed by atoms with Gasteiger partial charge in [-0.3, -0.25) is 9.59 Å². The summed E-state index contributed by atoms with van der Waals surface area (Å²) in [6.07, 6.45) is 6.72. The van der Waals surface area contributed by atoms with Crippen LogP contribution >= 0.6 is 0 Å². The second-order valence-corrected chi connectivity index (χ2v) is 7.84. The monoisotopic (exact) mass is 388 g/mol. The molecule has 0 spiro atoms. The lowest BCUT2D eigenvalue weighted by atomic mass is 9.80. The van der Waals surface area contributed by atoms with Crippen LogP contribution in [0.3, 0.4) is 0 Å². The second kappa shape index (κ2) is 9.80. The molecule has 1 aromatic rings. The van der Waals surface area contributed by atoms with E-state index in [1.807, 2.05) is 23.1 Å². The number of hydrogen-bond donors (Lipinski definition) is 1. The van der Waals surface area contributed by atoms with E-state index in [0.29, 0.717) is 24.0 Å². The number of methoxy groups -OCH3 is 2. The van der Waals surface area contributed by atoms with Crippen molar-refractivity contribution >= 4 is 11.8 Å². The number of nitrogens with zero attached hydrogens (tertiary/aromatic N) is 1. The molecule has 2 fully saturated rings. The number of carbonyl (C=O) groups is 2. The van der Waals surface area contributed by atoms with E-state index in [1.54, 1.807) is 14.2 Å². The lowest BCUT2D eigenvalue weighted by molar-refractivity contribution is -0.139. The molecule has 0 aromatic heterocycles. The maximum Gasteiger partial charge on any atom is 0.225 e. The number of nitrogens with one attached hydrogen (secondary N) is 1. The normalized spacial score (nSPS) is 22.4. The van der Waals surface area contributed by atoms with Gasteiger partial charge in [0.1, 0.15) is 0 Å². The van der Waals surface area contributed by atoms with Crippen molar-refractivity contribution in [2.75, 3.05) is 27.3 Å². The molecule has 0 radical (unpaired) electrons. The van der Waals surface area contributed by atoms with E-state index in [2.05, 4.69) is 5.32 Å². The van der Waals surface area contributed by atoms with Crippen LogP contribution in [-0.2, 0) is 16.1 Å². The van der Waals surface area contributed by atoms with Crippen LogP contribution in [0.25, 0.3) is 0 Å². The highest BCUT2D eigenvalue weighted by Crippen LogP contribution is 2.31. The van der Waals surface area contributed by atoms with Crippen molar-refractivity contribution in [3.05, 3.63) is 23.8 Å². The molecule has 2 aliphatic rings. The summed E-state index contributed by atoms with van der Waals surface area (Å²) in [5.74, 6) is 1.83. The molecular formula is C22H32N2O4. The number of amides is 2. The molecule has 1 saturated carbocycles. The number of ether oxygens (including phenoxy) is 2. The summed E-state index contributed by atoms with van der Waals surface area (Å²) in [6.45, 7) is 2.28. The first-order valence-corrected chi connectivity index (χ1v) is 10.4. The summed E-state index contributed by atoms with van der Waals surface area (Å²) in [5, 5.41) is 3.03. The van der Waals surface area contributed by atoms with Gasteiger partial charge in [-0.15, -0.1) is 0 Å². The standard InChI is InChI=1S/C22H32N2O4/c1-27-19-11-6-16(14-20(19)28-2)15-23-21(25)17-7-9-18(10-8-17)22(26)24-12-4-3-5-13-24/h6,11,14,17-18H,3-5,7-10,12-13,15H2,1-2H3,(H,23,25). The summed E-state index contributed by atoms with van der Waals surface area (Å²) in [7, 11) is 3.20. The molecule has 6 nitrogen and oxygen atoms in total. The van der Waals surface area contributed by atoms with Crippen LogP contribution in [0, 0.1) is 11.8 Å². The van der Waals surface area contributed by atoms with Crippen LogP contribution < -0.4 is 14.8 Å². The molecule has 1 heterocycles. The molecule has 0 atom stereocenters. The van der Waals surface area contributed by atoms with Crippen molar-refractivity contribution in [2.24, 2.45) is 11.8 Å². The van der Waals surface area contributed by atoms with Gasteiger partial charge in [-0.2, -0.15) is 0 Å². The van der Waals surface area contributed by atoms with Crippen LogP contribution in [0.2, 0.25) is 0 Å². The van der Waals surface area contributed by atoms with Crippen molar-refractivity contribution in [2.45, 2.75) is 51.5 Å². The van der Waals surface area contributed by atoms with Crippen molar-refractivity contribution in [1.82, 2.24) is 10.2 Å². The Hall–Kier alpha value is -2.24. The quantitative estimate of drug-likeness (QED) is 0.813. The minimum atomic E-state index is 0.00514. The molecule has 28 heavy (non-hydrogen) atoms. The molecule has 6 heteroatoms. The van der Waals surface area contributed by atoms with Crippen molar-refractivity contribution in [3.8, 4) is 11.5 Å². The van der Waals surface area contributed by atoms with Crippen LogP contribution in [0.4, 0.5) is 0 Å².